The quantitative estimate of drug-likeness (QED) is 0.222. The fourth-order valence-electron chi connectivity index (χ4n) is 3.14. The highest BCUT2D eigenvalue weighted by Crippen LogP contribution is 2.36. The molecule has 1 atom stereocenters. The molecule has 37 heavy (non-hydrogen) atoms. The maximum atomic E-state index is 13.7. The van der Waals surface area contributed by atoms with Gasteiger partial charge in [-0.15, -0.1) is 0 Å². The van der Waals surface area contributed by atoms with Gasteiger partial charge in [-0.3, -0.25) is 14.4 Å². The number of hydrogen-bond donors (Lipinski definition) is 3. The van der Waals surface area contributed by atoms with Gasteiger partial charge in [-0.2, -0.15) is 5.10 Å². The SMILES string of the molecule is COc1cc(/C=N\NC(=O)C(=O)N[C@H](C)c2ccccc2)cc(Cl)c1OCC(=O)Nc1ccccc1F. The Labute approximate surface area is 217 Å². The third-order valence-electron chi connectivity index (χ3n) is 4.98. The Morgan fingerprint density at radius 1 is 1.05 bits per heavy atom. The standard InChI is InChI=1S/C26H24ClFN4O5/c1-16(18-8-4-3-5-9-18)30-25(34)26(35)32-29-14-17-12-19(27)24(22(13-17)36-2)37-15-23(33)31-21-11-7-6-10-20(21)28/h3-14,16H,15H2,1-2H3,(H,30,34)(H,31,33)(H,32,35)/b29-14-/t16-/m1/s1. The average Bonchev–Trinajstić information content (AvgIpc) is 2.89. The smallest absolute Gasteiger partial charge is 0.329 e. The summed E-state index contributed by atoms with van der Waals surface area (Å²) in [6, 6.07) is 17.5. The van der Waals surface area contributed by atoms with Crippen molar-refractivity contribution in [3.63, 3.8) is 0 Å². The van der Waals surface area contributed by atoms with Gasteiger partial charge in [0.2, 0.25) is 0 Å². The highest BCUT2D eigenvalue weighted by atomic mass is 35.5. The van der Waals surface area contributed by atoms with Crippen molar-refractivity contribution in [2.45, 2.75) is 13.0 Å². The van der Waals surface area contributed by atoms with E-state index in [0.717, 1.165) is 5.56 Å². The number of anilines is 1. The van der Waals surface area contributed by atoms with Crippen molar-refractivity contribution in [2.75, 3.05) is 19.0 Å². The van der Waals surface area contributed by atoms with Gasteiger partial charge in [0.15, 0.2) is 18.1 Å². The van der Waals surface area contributed by atoms with Crippen molar-refractivity contribution >= 4 is 41.2 Å². The summed E-state index contributed by atoms with van der Waals surface area (Å²) in [6.45, 7) is 1.30. The largest absolute Gasteiger partial charge is 0.493 e. The number of nitrogens with zero attached hydrogens (tertiary/aromatic N) is 1. The molecule has 0 fully saturated rings. The minimum absolute atomic E-state index is 0.0194. The van der Waals surface area contributed by atoms with Crippen LogP contribution in [0.25, 0.3) is 0 Å². The van der Waals surface area contributed by atoms with Crippen LogP contribution in [0.15, 0.2) is 71.8 Å². The summed E-state index contributed by atoms with van der Waals surface area (Å²) in [7, 11) is 1.37. The Morgan fingerprint density at radius 3 is 2.46 bits per heavy atom. The first-order valence-electron chi connectivity index (χ1n) is 11.0. The summed E-state index contributed by atoms with van der Waals surface area (Å²) in [5.74, 6) is -2.70. The summed E-state index contributed by atoms with van der Waals surface area (Å²) in [4.78, 5) is 36.3. The summed E-state index contributed by atoms with van der Waals surface area (Å²) >= 11 is 6.28. The molecule has 0 bridgehead atoms. The van der Waals surface area contributed by atoms with Crippen molar-refractivity contribution < 1.29 is 28.2 Å². The van der Waals surface area contributed by atoms with Crippen LogP contribution < -0.4 is 25.5 Å². The van der Waals surface area contributed by atoms with Gasteiger partial charge in [-0.25, -0.2) is 9.82 Å². The van der Waals surface area contributed by atoms with Gasteiger partial charge in [-0.05, 0) is 42.3 Å². The number of carbonyl (C=O) groups excluding carboxylic acids is 3. The maximum Gasteiger partial charge on any atom is 0.329 e. The molecular formula is C26H24ClFN4O5. The number of benzene rings is 3. The van der Waals surface area contributed by atoms with Crippen LogP contribution in [-0.4, -0.2) is 37.7 Å². The number of halogens is 2. The van der Waals surface area contributed by atoms with E-state index in [1.165, 1.54) is 43.7 Å². The first-order valence-corrected chi connectivity index (χ1v) is 11.4. The van der Waals surface area contributed by atoms with E-state index in [-0.39, 0.29) is 28.3 Å². The molecule has 0 saturated heterocycles. The normalized spacial score (nSPS) is 11.5. The summed E-state index contributed by atoms with van der Waals surface area (Å²) in [6.07, 6.45) is 1.26. The Kier molecular flexibility index (Phi) is 9.56. The number of hydrazone groups is 1. The maximum absolute atomic E-state index is 13.7. The highest BCUT2D eigenvalue weighted by Gasteiger charge is 2.17. The lowest BCUT2D eigenvalue weighted by atomic mass is 10.1. The van der Waals surface area contributed by atoms with Crippen molar-refractivity contribution in [2.24, 2.45) is 5.10 Å². The van der Waals surface area contributed by atoms with E-state index >= 15 is 0 Å². The number of para-hydroxylation sites is 1. The van der Waals surface area contributed by atoms with Crippen molar-refractivity contribution in [3.05, 3.63) is 88.7 Å². The predicted octanol–water partition coefficient (Wildman–Crippen LogP) is 3.83. The average molecular weight is 527 g/mol. The molecule has 0 aliphatic heterocycles. The third-order valence-corrected chi connectivity index (χ3v) is 5.26. The monoisotopic (exact) mass is 526 g/mol. The summed E-state index contributed by atoms with van der Waals surface area (Å²) in [5.41, 5.74) is 3.43. The van der Waals surface area contributed by atoms with Crippen LogP contribution in [0.2, 0.25) is 5.02 Å². The molecule has 3 amide bonds. The number of nitrogens with one attached hydrogen (secondary N) is 3. The Hall–Kier alpha value is -4.44. The van der Waals surface area contributed by atoms with E-state index < -0.39 is 30.1 Å². The van der Waals surface area contributed by atoms with Gasteiger partial charge in [0.1, 0.15) is 5.82 Å². The number of ether oxygens (including phenoxy) is 2. The molecule has 0 heterocycles. The molecule has 192 valence electrons. The molecule has 0 saturated carbocycles. The van der Waals surface area contributed by atoms with Crippen LogP contribution in [0.5, 0.6) is 11.5 Å². The number of hydrogen-bond acceptors (Lipinski definition) is 6. The van der Waals surface area contributed by atoms with E-state index in [2.05, 4.69) is 21.2 Å². The lowest BCUT2D eigenvalue weighted by molar-refractivity contribution is -0.139. The van der Waals surface area contributed by atoms with E-state index in [9.17, 15) is 18.8 Å². The fraction of sp³-hybridized carbons (Fsp3) is 0.154. The van der Waals surface area contributed by atoms with Crippen LogP contribution in [0.4, 0.5) is 10.1 Å². The zero-order chi connectivity index (χ0) is 26.8. The molecule has 3 N–H and O–H groups in total. The molecule has 0 aliphatic rings. The zero-order valence-corrected chi connectivity index (χ0v) is 20.7. The molecule has 0 aliphatic carbocycles. The second-order valence-corrected chi connectivity index (χ2v) is 8.06. The molecule has 3 aromatic rings. The zero-order valence-electron chi connectivity index (χ0n) is 20.0. The van der Waals surface area contributed by atoms with Crippen LogP contribution >= 0.6 is 11.6 Å². The molecule has 3 aromatic carbocycles. The molecule has 3 rings (SSSR count). The second kappa shape index (κ2) is 13.0. The van der Waals surface area contributed by atoms with E-state index in [4.69, 9.17) is 21.1 Å². The first-order chi connectivity index (χ1) is 17.8. The predicted molar refractivity (Wildman–Crippen MR) is 137 cm³/mol. The number of amides is 3. The van der Waals surface area contributed by atoms with Gasteiger partial charge in [-0.1, -0.05) is 54.1 Å². The number of carbonyl (C=O) groups is 3. The minimum atomic E-state index is -0.946. The topological polar surface area (TPSA) is 118 Å². The number of methoxy groups -OCH3 is 1. The van der Waals surface area contributed by atoms with E-state index in [1.807, 2.05) is 30.3 Å². The van der Waals surface area contributed by atoms with Crippen LogP contribution in [0.3, 0.4) is 0 Å². The fourth-order valence-corrected chi connectivity index (χ4v) is 3.42. The molecule has 0 aromatic heterocycles. The third kappa shape index (κ3) is 7.77. The number of rotatable bonds is 9. The first kappa shape index (κ1) is 27.2. The van der Waals surface area contributed by atoms with E-state index in [0.29, 0.717) is 5.56 Å². The molecule has 0 spiro atoms. The summed E-state index contributed by atoms with van der Waals surface area (Å²) in [5, 5.41) is 8.86. The minimum Gasteiger partial charge on any atom is -0.493 e. The lowest BCUT2D eigenvalue weighted by Gasteiger charge is -2.14. The van der Waals surface area contributed by atoms with Gasteiger partial charge in [0, 0.05) is 0 Å². The van der Waals surface area contributed by atoms with Gasteiger partial charge < -0.3 is 20.1 Å². The van der Waals surface area contributed by atoms with Gasteiger partial charge in [0.25, 0.3) is 5.91 Å². The van der Waals surface area contributed by atoms with Crippen LogP contribution in [0, 0.1) is 5.82 Å². The summed E-state index contributed by atoms with van der Waals surface area (Å²) < 4.78 is 24.5. The molecule has 0 radical (unpaired) electrons. The Balaban J connectivity index is 1.57. The molecule has 11 heteroatoms. The van der Waals surface area contributed by atoms with E-state index in [1.54, 1.807) is 13.0 Å². The Morgan fingerprint density at radius 2 is 1.76 bits per heavy atom. The van der Waals surface area contributed by atoms with Gasteiger partial charge in [0.05, 0.1) is 30.1 Å². The van der Waals surface area contributed by atoms with Gasteiger partial charge >= 0.3 is 11.8 Å². The van der Waals surface area contributed by atoms with Crippen molar-refractivity contribution in [1.82, 2.24) is 10.7 Å². The molecule has 9 nitrogen and oxygen atoms in total. The Bertz CT molecular complexity index is 1300. The van der Waals surface area contributed by atoms with Crippen LogP contribution in [0.1, 0.15) is 24.1 Å². The molecule has 0 unspecified atom stereocenters. The van der Waals surface area contributed by atoms with Crippen molar-refractivity contribution in [1.29, 1.82) is 0 Å². The lowest BCUT2D eigenvalue weighted by Crippen LogP contribution is -2.39. The van der Waals surface area contributed by atoms with Crippen molar-refractivity contribution in [3.8, 4) is 11.5 Å². The van der Waals surface area contributed by atoms with Crippen LogP contribution in [-0.2, 0) is 14.4 Å². The highest BCUT2D eigenvalue weighted by molar-refractivity contribution is 6.35. The second-order valence-electron chi connectivity index (χ2n) is 7.66. The molecular weight excluding hydrogens is 503 g/mol.